The van der Waals surface area contributed by atoms with Gasteiger partial charge >= 0.3 is 5.97 Å². The lowest BCUT2D eigenvalue weighted by Gasteiger charge is -2.09. The molecule has 1 aromatic carbocycles. The third-order valence-corrected chi connectivity index (χ3v) is 2.44. The Labute approximate surface area is 100 Å². The number of carboxylic acid groups (broad SMARTS) is 1. The van der Waals surface area contributed by atoms with Crippen LogP contribution in [0.5, 0.6) is 0 Å². The first-order valence-electron chi connectivity index (χ1n) is 4.85. The molecule has 0 aromatic heterocycles. The predicted molar refractivity (Wildman–Crippen MR) is 57.2 cm³/mol. The van der Waals surface area contributed by atoms with Crippen molar-refractivity contribution < 1.29 is 24.3 Å². The van der Waals surface area contributed by atoms with Gasteiger partial charge in [-0.05, 0) is 12.1 Å². The maximum Gasteiger partial charge on any atom is 0.323 e. The topological polar surface area (TPSA) is 104 Å². The summed E-state index contributed by atoms with van der Waals surface area (Å²) in [7, 11) is 0. The molecule has 1 heterocycles. The number of aliphatic carboxylic acids is 1. The number of benzene rings is 1. The zero-order valence-corrected chi connectivity index (χ0v) is 8.91. The zero-order valence-electron chi connectivity index (χ0n) is 8.91. The molecule has 1 aromatic rings. The van der Waals surface area contributed by atoms with E-state index < -0.39 is 24.3 Å². The molecule has 0 saturated heterocycles. The Kier molecular flexibility index (Phi) is 2.75. The van der Waals surface area contributed by atoms with Gasteiger partial charge in [0, 0.05) is 0 Å². The third-order valence-electron chi connectivity index (χ3n) is 2.44. The first-order valence-corrected chi connectivity index (χ1v) is 4.85. The van der Waals surface area contributed by atoms with Crippen molar-refractivity contribution in [1.29, 1.82) is 0 Å². The number of hydrogen-bond acceptors (Lipinski definition) is 5. The van der Waals surface area contributed by atoms with E-state index in [9.17, 15) is 19.2 Å². The second-order valence-corrected chi connectivity index (χ2v) is 3.49. The fraction of sp³-hybridized carbons (Fsp3) is 0.0909. The van der Waals surface area contributed by atoms with Crippen LogP contribution in [0.3, 0.4) is 0 Å². The molecule has 1 aliphatic rings. The molecular formula is C11H6N2O5. The number of carbonyl (C=O) groups excluding carboxylic acids is 3. The Morgan fingerprint density at radius 1 is 1.33 bits per heavy atom. The maximum absolute atomic E-state index is 11.9. The van der Waals surface area contributed by atoms with Crippen LogP contribution in [0.4, 0.5) is 5.69 Å². The quantitative estimate of drug-likeness (QED) is 0.470. The van der Waals surface area contributed by atoms with E-state index in [4.69, 9.17) is 5.11 Å². The van der Waals surface area contributed by atoms with Gasteiger partial charge in [-0.3, -0.25) is 19.3 Å². The molecule has 2 amide bonds. The van der Waals surface area contributed by atoms with E-state index in [0.29, 0.717) is 4.90 Å². The predicted octanol–water partition coefficient (Wildman–Crippen LogP) is 0.334. The number of nitrogens with zero attached hydrogens (tertiary/aromatic N) is 2. The van der Waals surface area contributed by atoms with Crippen LogP contribution in [0, 0.1) is 0 Å². The van der Waals surface area contributed by atoms with Crippen molar-refractivity contribution in [2.75, 3.05) is 6.54 Å². The van der Waals surface area contributed by atoms with Gasteiger partial charge in [0.15, 0.2) is 0 Å². The minimum Gasteiger partial charge on any atom is -0.480 e. The number of hydrogen-bond donors (Lipinski definition) is 1. The van der Waals surface area contributed by atoms with Crippen molar-refractivity contribution in [3.05, 3.63) is 29.3 Å². The Hall–Kier alpha value is -2.79. The monoisotopic (exact) mass is 246 g/mol. The molecule has 0 unspecified atom stereocenters. The molecule has 0 spiro atoms. The molecule has 0 saturated carbocycles. The molecule has 1 N–H and O–H groups in total. The first kappa shape index (κ1) is 11.7. The number of isocyanates is 1. The molecule has 1 aliphatic heterocycles. The van der Waals surface area contributed by atoms with Crippen molar-refractivity contribution in [3.63, 3.8) is 0 Å². The number of rotatable bonds is 3. The van der Waals surface area contributed by atoms with Crippen molar-refractivity contribution >= 4 is 29.6 Å². The van der Waals surface area contributed by atoms with Crippen molar-refractivity contribution in [2.45, 2.75) is 0 Å². The SMILES string of the molecule is O=C=Nc1cccc2c1C(=O)N(CC(=O)O)C2=O. The molecule has 0 fully saturated rings. The number of carbonyl (C=O) groups is 3. The summed E-state index contributed by atoms with van der Waals surface area (Å²) >= 11 is 0. The summed E-state index contributed by atoms with van der Waals surface area (Å²) in [6.45, 7) is -0.726. The minimum atomic E-state index is -1.30. The molecule has 7 heteroatoms. The summed E-state index contributed by atoms with van der Waals surface area (Å²) in [4.78, 5) is 48.4. The summed E-state index contributed by atoms with van der Waals surface area (Å²) in [6, 6.07) is 4.20. The number of fused-ring (bicyclic) bond motifs is 1. The standard InChI is InChI=1S/C11H6N2O5/c14-5-12-7-3-1-2-6-9(7)11(18)13(10(6)17)4-8(15)16/h1-3H,4H2,(H,15,16). The largest absolute Gasteiger partial charge is 0.480 e. The van der Waals surface area contributed by atoms with E-state index in [2.05, 4.69) is 4.99 Å². The van der Waals surface area contributed by atoms with E-state index in [1.54, 1.807) is 0 Å². The minimum absolute atomic E-state index is 0.00809. The lowest BCUT2D eigenvalue weighted by Crippen LogP contribution is -2.34. The van der Waals surface area contributed by atoms with Crippen LogP contribution in [0.2, 0.25) is 0 Å². The van der Waals surface area contributed by atoms with Crippen LogP contribution in [0.1, 0.15) is 20.7 Å². The van der Waals surface area contributed by atoms with E-state index in [1.165, 1.54) is 24.3 Å². The number of aliphatic imine (C=N–C) groups is 1. The average Bonchev–Trinajstić information content (AvgIpc) is 2.56. The molecule has 18 heavy (non-hydrogen) atoms. The van der Waals surface area contributed by atoms with E-state index in [1.807, 2.05) is 0 Å². The van der Waals surface area contributed by atoms with Gasteiger partial charge in [0.1, 0.15) is 6.54 Å². The van der Waals surface area contributed by atoms with Gasteiger partial charge in [-0.1, -0.05) is 6.07 Å². The number of imide groups is 1. The molecule has 0 atom stereocenters. The summed E-state index contributed by atoms with van der Waals surface area (Å²) in [5.41, 5.74) is -0.0152. The van der Waals surface area contributed by atoms with Crippen LogP contribution in [-0.2, 0) is 9.59 Å². The first-order chi connectivity index (χ1) is 8.56. The maximum atomic E-state index is 11.9. The second kappa shape index (κ2) is 4.23. The third kappa shape index (κ3) is 1.68. The van der Waals surface area contributed by atoms with Crippen LogP contribution in [-0.4, -0.2) is 40.4 Å². The summed E-state index contributed by atoms with van der Waals surface area (Å²) in [6.07, 6.45) is 1.28. The van der Waals surface area contributed by atoms with Gasteiger partial charge in [0.2, 0.25) is 6.08 Å². The summed E-state index contributed by atoms with van der Waals surface area (Å²) in [5.74, 6) is -2.78. The number of carboxylic acids is 1. The van der Waals surface area contributed by atoms with E-state index >= 15 is 0 Å². The van der Waals surface area contributed by atoms with E-state index in [-0.39, 0.29) is 16.8 Å². The highest BCUT2D eigenvalue weighted by Crippen LogP contribution is 2.30. The smallest absolute Gasteiger partial charge is 0.323 e. The molecule has 2 rings (SSSR count). The molecular weight excluding hydrogens is 240 g/mol. The summed E-state index contributed by atoms with van der Waals surface area (Å²) < 4.78 is 0. The van der Waals surface area contributed by atoms with Crippen molar-refractivity contribution in [3.8, 4) is 0 Å². The second-order valence-electron chi connectivity index (χ2n) is 3.49. The van der Waals surface area contributed by atoms with Gasteiger partial charge in [0.25, 0.3) is 11.8 Å². The fourth-order valence-electron chi connectivity index (χ4n) is 1.74. The van der Waals surface area contributed by atoms with Gasteiger partial charge in [-0.15, -0.1) is 0 Å². The van der Waals surface area contributed by atoms with Gasteiger partial charge in [-0.25, -0.2) is 4.79 Å². The Bertz CT molecular complexity index is 616. The van der Waals surface area contributed by atoms with Crippen molar-refractivity contribution in [1.82, 2.24) is 4.90 Å². The number of amides is 2. The van der Waals surface area contributed by atoms with Gasteiger partial charge in [0.05, 0.1) is 16.8 Å². The summed E-state index contributed by atoms with van der Waals surface area (Å²) in [5, 5.41) is 8.63. The van der Waals surface area contributed by atoms with Crippen LogP contribution < -0.4 is 0 Å². The molecule has 90 valence electrons. The Morgan fingerprint density at radius 2 is 2.06 bits per heavy atom. The zero-order chi connectivity index (χ0) is 13.3. The Morgan fingerprint density at radius 3 is 2.67 bits per heavy atom. The fourth-order valence-corrected chi connectivity index (χ4v) is 1.74. The van der Waals surface area contributed by atoms with Crippen LogP contribution in [0.15, 0.2) is 23.2 Å². The highest BCUT2D eigenvalue weighted by molar-refractivity contribution is 6.24. The highest BCUT2D eigenvalue weighted by atomic mass is 16.4. The molecule has 0 aliphatic carbocycles. The average molecular weight is 246 g/mol. The molecule has 7 nitrogen and oxygen atoms in total. The van der Waals surface area contributed by atoms with Crippen LogP contribution in [0.25, 0.3) is 0 Å². The lowest BCUT2D eigenvalue weighted by atomic mass is 10.1. The Balaban J connectivity index is 2.55. The molecule has 0 radical (unpaired) electrons. The van der Waals surface area contributed by atoms with Gasteiger partial charge < -0.3 is 5.11 Å². The van der Waals surface area contributed by atoms with Gasteiger partial charge in [-0.2, -0.15) is 4.99 Å². The van der Waals surface area contributed by atoms with Crippen molar-refractivity contribution in [2.24, 2.45) is 4.99 Å². The lowest BCUT2D eigenvalue weighted by molar-refractivity contribution is -0.137. The molecule has 0 bridgehead atoms. The normalized spacial score (nSPS) is 13.2. The van der Waals surface area contributed by atoms with Crippen LogP contribution >= 0.6 is 0 Å². The highest BCUT2D eigenvalue weighted by Gasteiger charge is 2.38. The van der Waals surface area contributed by atoms with E-state index in [0.717, 1.165) is 0 Å².